The molecule has 1 fully saturated rings. The molecule has 0 unspecified atom stereocenters. The van der Waals surface area contributed by atoms with Crippen molar-refractivity contribution in [1.82, 2.24) is 25.3 Å². The summed E-state index contributed by atoms with van der Waals surface area (Å²) < 4.78 is 5.14. The average Bonchev–Trinajstić information content (AvgIpc) is 3.25. The summed E-state index contributed by atoms with van der Waals surface area (Å²) in [6, 6.07) is 4.58. The second-order valence-electron chi connectivity index (χ2n) is 7.66. The third-order valence-electron chi connectivity index (χ3n) is 5.65. The Balaban J connectivity index is 1.53. The van der Waals surface area contributed by atoms with Crippen molar-refractivity contribution >= 4 is 34.8 Å². The molecule has 2 aromatic heterocycles. The second kappa shape index (κ2) is 9.42. The summed E-state index contributed by atoms with van der Waals surface area (Å²) in [5.74, 6) is 1.30. The van der Waals surface area contributed by atoms with Crippen LogP contribution in [-0.2, 0) is 0 Å². The van der Waals surface area contributed by atoms with Crippen molar-refractivity contribution in [3.63, 3.8) is 0 Å². The van der Waals surface area contributed by atoms with Gasteiger partial charge in [0.15, 0.2) is 17.1 Å². The summed E-state index contributed by atoms with van der Waals surface area (Å²) in [4.78, 5) is 28.7. The molecule has 1 saturated carbocycles. The number of nitrogens with one attached hydrogen (secondary N) is 2. The summed E-state index contributed by atoms with van der Waals surface area (Å²) in [6.07, 6.45) is 7.30. The summed E-state index contributed by atoms with van der Waals surface area (Å²) in [7, 11) is 1.46. The molecule has 2 heterocycles. The number of aromatic hydroxyl groups is 1. The van der Waals surface area contributed by atoms with Gasteiger partial charge in [0, 0.05) is 17.4 Å². The van der Waals surface area contributed by atoms with Crippen molar-refractivity contribution in [1.29, 1.82) is 0 Å². The number of carbonyl (C=O) groups is 1. The fraction of sp³-hybridized carbons (Fsp3) is 0.429. The maximum absolute atomic E-state index is 13.0. The normalized spacial score (nSPS) is 15.6. The van der Waals surface area contributed by atoms with E-state index in [1.807, 2.05) is 0 Å². The Morgan fingerprint density at radius 1 is 1.35 bits per heavy atom. The molecule has 1 aromatic carbocycles. The van der Waals surface area contributed by atoms with E-state index in [1.54, 1.807) is 18.5 Å². The van der Waals surface area contributed by atoms with Gasteiger partial charge in [-0.3, -0.25) is 4.79 Å². The molecule has 9 nitrogen and oxygen atoms in total. The smallest absolute Gasteiger partial charge is 0.251 e. The van der Waals surface area contributed by atoms with E-state index in [9.17, 15) is 9.90 Å². The van der Waals surface area contributed by atoms with E-state index in [1.165, 1.54) is 44.2 Å². The van der Waals surface area contributed by atoms with Crippen LogP contribution in [0.5, 0.6) is 11.5 Å². The quantitative estimate of drug-likeness (QED) is 0.323. The largest absolute Gasteiger partial charge is 0.504 e. The number of rotatable bonds is 7. The molecule has 1 aliphatic carbocycles. The number of aromatic amines is 1. The van der Waals surface area contributed by atoms with Gasteiger partial charge in [-0.1, -0.05) is 19.3 Å². The molecule has 0 spiro atoms. The summed E-state index contributed by atoms with van der Waals surface area (Å²) in [5, 5.41) is 13.7. The van der Waals surface area contributed by atoms with E-state index in [4.69, 9.17) is 10.5 Å². The van der Waals surface area contributed by atoms with E-state index in [2.05, 4.69) is 25.3 Å². The predicted molar refractivity (Wildman–Crippen MR) is 119 cm³/mol. The number of phenols is 1. The average molecular weight is 443 g/mol. The first-order chi connectivity index (χ1) is 15.0. The number of hydrogen-bond acceptors (Lipinski definition) is 8. The minimum atomic E-state index is -0.191. The molecule has 0 saturated heterocycles. The molecule has 164 valence electrons. The van der Waals surface area contributed by atoms with Crippen LogP contribution in [0.3, 0.4) is 0 Å². The monoisotopic (exact) mass is 442 g/mol. The van der Waals surface area contributed by atoms with Crippen LogP contribution < -0.4 is 15.8 Å². The molecule has 0 bridgehead atoms. The van der Waals surface area contributed by atoms with Crippen molar-refractivity contribution in [2.75, 3.05) is 18.6 Å². The zero-order valence-corrected chi connectivity index (χ0v) is 18.1. The van der Waals surface area contributed by atoms with Gasteiger partial charge < -0.3 is 25.9 Å². The molecule has 4 rings (SSSR count). The Bertz CT molecular complexity index is 1070. The van der Waals surface area contributed by atoms with Gasteiger partial charge in [0.25, 0.3) is 5.91 Å². The van der Waals surface area contributed by atoms with E-state index >= 15 is 0 Å². The Morgan fingerprint density at radius 2 is 2.16 bits per heavy atom. The summed E-state index contributed by atoms with van der Waals surface area (Å²) in [6.45, 7) is 0. The molecule has 0 aliphatic heterocycles. The number of imidazole rings is 1. The molecule has 31 heavy (non-hydrogen) atoms. The molecule has 0 radical (unpaired) electrons. The first-order valence-corrected chi connectivity index (χ1v) is 11.3. The number of benzene rings is 1. The zero-order valence-electron chi connectivity index (χ0n) is 17.3. The van der Waals surface area contributed by atoms with Crippen LogP contribution in [0, 0.1) is 5.92 Å². The number of amides is 1. The molecular weight excluding hydrogens is 416 g/mol. The maximum atomic E-state index is 13.0. The van der Waals surface area contributed by atoms with Crippen LogP contribution in [0.2, 0.25) is 0 Å². The Labute approximate surface area is 184 Å². The first-order valence-electron chi connectivity index (χ1n) is 10.3. The van der Waals surface area contributed by atoms with Crippen LogP contribution in [0.15, 0.2) is 29.6 Å². The highest BCUT2D eigenvalue weighted by molar-refractivity contribution is 7.99. The van der Waals surface area contributed by atoms with Gasteiger partial charge >= 0.3 is 0 Å². The number of ether oxygens (including phenoxy) is 1. The SMILES string of the molecule is COc1cc(C(=O)N[C@@H](CSc2nc(N)nc3nc[nH]c23)C2CCCCC2)ccc1O. The predicted octanol–water partition coefficient (Wildman–Crippen LogP) is 3.12. The molecular formula is C21H26N6O3S. The fourth-order valence-corrected chi connectivity index (χ4v) is 5.14. The van der Waals surface area contributed by atoms with E-state index < -0.39 is 0 Å². The van der Waals surface area contributed by atoms with Gasteiger partial charge in [-0.25, -0.2) is 9.97 Å². The molecule has 10 heteroatoms. The maximum Gasteiger partial charge on any atom is 0.251 e. The molecule has 3 aromatic rings. The number of fused-ring (bicyclic) bond motifs is 1. The highest BCUT2D eigenvalue weighted by atomic mass is 32.2. The van der Waals surface area contributed by atoms with Crippen LogP contribution in [0.25, 0.3) is 11.2 Å². The van der Waals surface area contributed by atoms with Crippen LogP contribution >= 0.6 is 11.8 Å². The lowest BCUT2D eigenvalue weighted by atomic mass is 9.84. The van der Waals surface area contributed by atoms with E-state index in [-0.39, 0.29) is 29.4 Å². The van der Waals surface area contributed by atoms with Gasteiger partial charge in [-0.15, -0.1) is 11.8 Å². The number of nitrogens with zero attached hydrogens (tertiary/aromatic N) is 3. The Hall–Kier alpha value is -3.01. The van der Waals surface area contributed by atoms with Gasteiger partial charge in [0.2, 0.25) is 5.95 Å². The number of carbonyl (C=O) groups excluding carboxylic acids is 1. The number of nitrogen functional groups attached to an aromatic ring is 1. The van der Waals surface area contributed by atoms with Crippen molar-refractivity contribution in [2.45, 2.75) is 43.2 Å². The highest BCUT2D eigenvalue weighted by Crippen LogP contribution is 2.32. The topological polar surface area (TPSA) is 139 Å². The Morgan fingerprint density at radius 3 is 2.94 bits per heavy atom. The lowest BCUT2D eigenvalue weighted by Crippen LogP contribution is -2.43. The standard InChI is InChI=1S/C21H26N6O3S/c1-30-16-9-13(7-8-15(16)28)19(29)25-14(12-5-3-2-4-6-12)10-31-20-17-18(24-11-23-17)26-21(22)27-20/h7-9,11-12,14,28H,2-6,10H2,1H3,(H,25,29)(H3,22,23,24,26,27)/t14-/m0/s1. The fourth-order valence-electron chi connectivity index (χ4n) is 4.00. The van der Waals surface area contributed by atoms with Crippen molar-refractivity contribution in [3.05, 3.63) is 30.1 Å². The zero-order chi connectivity index (χ0) is 21.8. The summed E-state index contributed by atoms with van der Waals surface area (Å²) >= 11 is 1.54. The Kier molecular flexibility index (Phi) is 6.45. The number of aromatic nitrogens is 4. The number of nitrogens with two attached hydrogens (primary N) is 1. The van der Waals surface area contributed by atoms with Gasteiger partial charge in [-0.2, -0.15) is 4.98 Å². The van der Waals surface area contributed by atoms with Crippen LogP contribution in [0.1, 0.15) is 42.5 Å². The van der Waals surface area contributed by atoms with Crippen molar-refractivity contribution in [3.8, 4) is 11.5 Å². The van der Waals surface area contributed by atoms with Gasteiger partial charge in [0.1, 0.15) is 10.5 Å². The minimum absolute atomic E-state index is 0.00311. The lowest BCUT2D eigenvalue weighted by molar-refractivity contribution is 0.0920. The minimum Gasteiger partial charge on any atom is -0.504 e. The molecule has 1 atom stereocenters. The van der Waals surface area contributed by atoms with Crippen molar-refractivity contribution in [2.24, 2.45) is 5.92 Å². The third-order valence-corrected chi connectivity index (χ3v) is 6.74. The van der Waals surface area contributed by atoms with Crippen molar-refractivity contribution < 1.29 is 14.6 Å². The van der Waals surface area contributed by atoms with E-state index in [0.29, 0.717) is 22.9 Å². The lowest BCUT2D eigenvalue weighted by Gasteiger charge is -2.31. The number of methoxy groups -OCH3 is 1. The third kappa shape index (κ3) is 4.84. The molecule has 5 N–H and O–H groups in total. The summed E-state index contributed by atoms with van der Waals surface area (Å²) in [5.41, 5.74) is 7.56. The molecule has 1 aliphatic rings. The second-order valence-corrected chi connectivity index (χ2v) is 8.67. The first kappa shape index (κ1) is 21.2. The molecule has 1 amide bonds. The van der Waals surface area contributed by atoms with Crippen LogP contribution in [0.4, 0.5) is 5.95 Å². The van der Waals surface area contributed by atoms with Gasteiger partial charge in [-0.05, 0) is 37.0 Å². The number of phenolic OH excluding ortho intramolecular Hbond substituents is 1. The number of thioether (sulfide) groups is 1. The highest BCUT2D eigenvalue weighted by Gasteiger charge is 2.26. The number of H-pyrrole nitrogens is 1. The number of anilines is 1. The van der Waals surface area contributed by atoms with E-state index in [0.717, 1.165) is 23.4 Å². The van der Waals surface area contributed by atoms with Gasteiger partial charge in [0.05, 0.1) is 13.4 Å². The van der Waals surface area contributed by atoms with Crippen LogP contribution in [-0.4, -0.2) is 49.9 Å². The number of hydrogen-bond donors (Lipinski definition) is 4.